The van der Waals surface area contributed by atoms with Crippen LogP contribution in [0.15, 0.2) is 30.3 Å². The molecule has 2 atom stereocenters. The summed E-state index contributed by atoms with van der Waals surface area (Å²) in [6.45, 7) is 2.11. The molecule has 1 aromatic carbocycles. The molecular weight excluding hydrogens is 274 g/mol. The van der Waals surface area contributed by atoms with E-state index in [1.807, 2.05) is 30.3 Å². The molecule has 0 bridgehead atoms. The Morgan fingerprint density at radius 1 is 1.23 bits per heavy atom. The molecule has 2 rings (SSSR count). The highest BCUT2D eigenvalue weighted by atomic mass is 16.4. The lowest BCUT2D eigenvalue weighted by Gasteiger charge is -2.25. The SMILES string of the molecule is CC(CCC1CCCCC1)N[C@@H](Cc1ccccc1)C(=O)O. The minimum atomic E-state index is -0.756. The van der Waals surface area contributed by atoms with Crippen LogP contribution in [0.4, 0.5) is 0 Å². The summed E-state index contributed by atoms with van der Waals surface area (Å²) in [6, 6.07) is 9.62. The first-order chi connectivity index (χ1) is 10.6. The molecule has 122 valence electrons. The molecule has 0 aliphatic heterocycles. The maximum atomic E-state index is 11.5. The minimum Gasteiger partial charge on any atom is -0.480 e. The van der Waals surface area contributed by atoms with Crippen molar-refractivity contribution in [2.45, 2.75) is 70.4 Å². The van der Waals surface area contributed by atoms with Gasteiger partial charge in [0.2, 0.25) is 0 Å². The normalized spacial score (nSPS) is 18.8. The van der Waals surface area contributed by atoms with Crippen molar-refractivity contribution in [1.29, 1.82) is 0 Å². The number of nitrogens with one attached hydrogen (secondary N) is 1. The Kier molecular flexibility index (Phi) is 6.91. The van der Waals surface area contributed by atoms with E-state index < -0.39 is 12.0 Å². The second-order valence-electron chi connectivity index (χ2n) is 6.73. The largest absolute Gasteiger partial charge is 0.480 e. The number of hydrogen-bond donors (Lipinski definition) is 2. The number of benzene rings is 1. The average molecular weight is 303 g/mol. The minimum absolute atomic E-state index is 0.256. The Balaban J connectivity index is 1.78. The van der Waals surface area contributed by atoms with Crippen molar-refractivity contribution in [2.75, 3.05) is 0 Å². The molecule has 1 unspecified atom stereocenters. The van der Waals surface area contributed by atoms with Crippen LogP contribution in [0.1, 0.15) is 57.4 Å². The third-order valence-electron chi connectivity index (χ3n) is 4.80. The first-order valence-corrected chi connectivity index (χ1v) is 8.68. The summed E-state index contributed by atoms with van der Waals surface area (Å²) in [5.41, 5.74) is 1.07. The molecule has 3 heteroatoms. The van der Waals surface area contributed by atoms with Gasteiger partial charge in [0.25, 0.3) is 0 Å². The summed E-state index contributed by atoms with van der Waals surface area (Å²) in [5, 5.41) is 12.7. The van der Waals surface area contributed by atoms with Gasteiger partial charge in [0.05, 0.1) is 0 Å². The predicted molar refractivity (Wildman–Crippen MR) is 90.0 cm³/mol. The van der Waals surface area contributed by atoms with E-state index >= 15 is 0 Å². The summed E-state index contributed by atoms with van der Waals surface area (Å²) >= 11 is 0. The van der Waals surface area contributed by atoms with Gasteiger partial charge in [0, 0.05) is 6.04 Å². The van der Waals surface area contributed by atoms with Crippen LogP contribution in [0, 0.1) is 5.92 Å². The molecule has 2 N–H and O–H groups in total. The van der Waals surface area contributed by atoms with Gasteiger partial charge in [-0.2, -0.15) is 0 Å². The number of rotatable bonds is 8. The summed E-state index contributed by atoms with van der Waals surface area (Å²) in [4.78, 5) is 11.5. The maximum Gasteiger partial charge on any atom is 0.321 e. The van der Waals surface area contributed by atoms with Gasteiger partial charge in [0.15, 0.2) is 0 Å². The van der Waals surface area contributed by atoms with E-state index in [-0.39, 0.29) is 6.04 Å². The van der Waals surface area contributed by atoms with Crippen molar-refractivity contribution in [3.63, 3.8) is 0 Å². The highest BCUT2D eigenvalue weighted by molar-refractivity contribution is 5.74. The van der Waals surface area contributed by atoms with Crippen molar-refractivity contribution in [3.8, 4) is 0 Å². The molecule has 22 heavy (non-hydrogen) atoms. The molecule has 3 nitrogen and oxygen atoms in total. The second-order valence-corrected chi connectivity index (χ2v) is 6.73. The van der Waals surface area contributed by atoms with Crippen molar-refractivity contribution >= 4 is 5.97 Å². The fraction of sp³-hybridized carbons (Fsp3) is 0.632. The van der Waals surface area contributed by atoms with Gasteiger partial charge in [0.1, 0.15) is 6.04 Å². The average Bonchev–Trinajstić information content (AvgIpc) is 2.54. The number of carboxylic acids is 1. The van der Waals surface area contributed by atoms with Crippen LogP contribution in [-0.2, 0) is 11.2 Å². The standard InChI is InChI=1S/C19H29NO2/c1-15(12-13-16-8-4-2-5-9-16)20-18(19(21)22)14-17-10-6-3-7-11-17/h3,6-7,10-11,15-16,18,20H,2,4-5,8-9,12-14H2,1H3,(H,21,22)/t15?,18-/m0/s1. The summed E-state index contributed by atoms with van der Waals surface area (Å²) in [5.74, 6) is 0.101. The van der Waals surface area contributed by atoms with E-state index in [9.17, 15) is 9.90 Å². The van der Waals surface area contributed by atoms with Crippen LogP contribution in [-0.4, -0.2) is 23.2 Å². The Labute approximate surface area is 134 Å². The number of aliphatic carboxylic acids is 1. The van der Waals surface area contributed by atoms with Gasteiger partial charge < -0.3 is 10.4 Å². The third kappa shape index (κ3) is 5.80. The third-order valence-corrected chi connectivity index (χ3v) is 4.80. The zero-order chi connectivity index (χ0) is 15.8. The number of hydrogen-bond acceptors (Lipinski definition) is 2. The molecular formula is C19H29NO2. The second kappa shape index (κ2) is 8.94. The zero-order valence-electron chi connectivity index (χ0n) is 13.6. The monoisotopic (exact) mass is 303 g/mol. The van der Waals surface area contributed by atoms with Gasteiger partial charge in [-0.25, -0.2) is 0 Å². The number of carbonyl (C=O) groups is 1. The van der Waals surface area contributed by atoms with Crippen LogP contribution in [0.2, 0.25) is 0 Å². The lowest BCUT2D eigenvalue weighted by Crippen LogP contribution is -2.43. The Morgan fingerprint density at radius 3 is 2.55 bits per heavy atom. The van der Waals surface area contributed by atoms with E-state index in [0.29, 0.717) is 6.42 Å². The molecule has 1 aromatic rings. The topological polar surface area (TPSA) is 49.3 Å². The van der Waals surface area contributed by atoms with Gasteiger partial charge in [-0.3, -0.25) is 4.79 Å². The fourth-order valence-electron chi connectivity index (χ4n) is 3.46. The van der Waals surface area contributed by atoms with E-state index in [1.165, 1.54) is 38.5 Å². The number of carboxylic acid groups (broad SMARTS) is 1. The van der Waals surface area contributed by atoms with E-state index in [0.717, 1.165) is 17.9 Å². The van der Waals surface area contributed by atoms with Crippen LogP contribution in [0.25, 0.3) is 0 Å². The van der Waals surface area contributed by atoms with Gasteiger partial charge in [-0.05, 0) is 37.7 Å². The fourth-order valence-corrected chi connectivity index (χ4v) is 3.46. The molecule has 1 aliphatic carbocycles. The van der Waals surface area contributed by atoms with Gasteiger partial charge >= 0.3 is 5.97 Å². The Morgan fingerprint density at radius 2 is 1.91 bits per heavy atom. The Bertz CT molecular complexity index is 440. The Hall–Kier alpha value is -1.35. The quantitative estimate of drug-likeness (QED) is 0.762. The zero-order valence-corrected chi connectivity index (χ0v) is 13.6. The maximum absolute atomic E-state index is 11.5. The molecule has 1 aliphatic rings. The van der Waals surface area contributed by atoms with Gasteiger partial charge in [-0.15, -0.1) is 0 Å². The lowest BCUT2D eigenvalue weighted by atomic mass is 9.85. The van der Waals surface area contributed by atoms with Crippen LogP contribution in [0.5, 0.6) is 0 Å². The van der Waals surface area contributed by atoms with Crippen LogP contribution < -0.4 is 5.32 Å². The molecule has 0 amide bonds. The molecule has 1 saturated carbocycles. The smallest absolute Gasteiger partial charge is 0.321 e. The summed E-state index contributed by atoms with van der Waals surface area (Å²) in [7, 11) is 0. The molecule has 0 saturated heterocycles. The van der Waals surface area contributed by atoms with E-state index in [1.54, 1.807) is 0 Å². The van der Waals surface area contributed by atoms with Gasteiger partial charge in [-0.1, -0.05) is 62.4 Å². The molecule has 1 fully saturated rings. The molecule has 0 radical (unpaired) electrons. The van der Waals surface area contributed by atoms with Crippen molar-refractivity contribution in [2.24, 2.45) is 5.92 Å². The van der Waals surface area contributed by atoms with Crippen LogP contribution >= 0.6 is 0 Å². The van der Waals surface area contributed by atoms with Crippen LogP contribution in [0.3, 0.4) is 0 Å². The summed E-state index contributed by atoms with van der Waals surface area (Å²) in [6.07, 6.45) is 9.70. The van der Waals surface area contributed by atoms with E-state index in [2.05, 4.69) is 12.2 Å². The van der Waals surface area contributed by atoms with Crippen molar-refractivity contribution < 1.29 is 9.90 Å². The highest BCUT2D eigenvalue weighted by Crippen LogP contribution is 2.27. The first-order valence-electron chi connectivity index (χ1n) is 8.68. The van der Waals surface area contributed by atoms with E-state index in [4.69, 9.17) is 0 Å². The molecule has 0 heterocycles. The highest BCUT2D eigenvalue weighted by Gasteiger charge is 2.21. The first kappa shape index (κ1) is 17.0. The molecule has 0 aromatic heterocycles. The predicted octanol–water partition coefficient (Wildman–Crippen LogP) is 4.02. The lowest BCUT2D eigenvalue weighted by molar-refractivity contribution is -0.139. The van der Waals surface area contributed by atoms with Crippen molar-refractivity contribution in [3.05, 3.63) is 35.9 Å². The molecule has 0 spiro atoms. The summed E-state index contributed by atoms with van der Waals surface area (Å²) < 4.78 is 0. The van der Waals surface area contributed by atoms with Crippen molar-refractivity contribution in [1.82, 2.24) is 5.32 Å².